The molecule has 1 amide bonds. The third-order valence-electron chi connectivity index (χ3n) is 5.82. The van der Waals surface area contributed by atoms with Gasteiger partial charge in [0.05, 0.1) is 12.2 Å². The third kappa shape index (κ3) is 1.80. The average Bonchev–Trinajstić information content (AvgIpc) is 3.25. The first kappa shape index (κ1) is 14.2. The Morgan fingerprint density at radius 1 is 1.41 bits per heavy atom. The van der Waals surface area contributed by atoms with E-state index >= 15 is 0 Å². The van der Waals surface area contributed by atoms with Gasteiger partial charge in [0.1, 0.15) is 0 Å². The van der Waals surface area contributed by atoms with E-state index in [-0.39, 0.29) is 24.0 Å². The van der Waals surface area contributed by atoms with E-state index in [2.05, 4.69) is 17.9 Å². The molecular formula is C18H21NO2S. The highest BCUT2D eigenvalue weighted by Gasteiger charge is 2.56. The Morgan fingerprint density at radius 2 is 2.23 bits per heavy atom. The second kappa shape index (κ2) is 5.07. The third-order valence-corrected chi connectivity index (χ3v) is 6.78. The van der Waals surface area contributed by atoms with Gasteiger partial charge in [0.25, 0.3) is 5.91 Å². The molecule has 2 fully saturated rings. The van der Waals surface area contributed by atoms with Crippen molar-refractivity contribution in [3.8, 4) is 0 Å². The SMILES string of the molecule is CC[C@@]1(CO)C[C@@H]2CC[C@H]1N2C(=O)c1csc2ccccc12. The van der Waals surface area contributed by atoms with E-state index in [4.69, 9.17) is 0 Å². The van der Waals surface area contributed by atoms with Crippen LogP contribution >= 0.6 is 11.3 Å². The summed E-state index contributed by atoms with van der Waals surface area (Å²) in [6, 6.07) is 8.63. The molecular weight excluding hydrogens is 294 g/mol. The molecule has 4 heteroatoms. The van der Waals surface area contributed by atoms with Gasteiger partial charge < -0.3 is 10.0 Å². The van der Waals surface area contributed by atoms with Crippen LogP contribution < -0.4 is 0 Å². The Kier molecular flexibility index (Phi) is 3.27. The first-order valence-electron chi connectivity index (χ1n) is 8.10. The number of carbonyl (C=O) groups excluding carboxylic acids is 1. The zero-order chi connectivity index (χ0) is 15.3. The summed E-state index contributed by atoms with van der Waals surface area (Å²) in [5, 5.41) is 13.0. The van der Waals surface area contributed by atoms with Gasteiger partial charge in [-0.05, 0) is 31.7 Å². The number of benzene rings is 1. The topological polar surface area (TPSA) is 40.5 Å². The Labute approximate surface area is 134 Å². The predicted octanol–water partition coefficient (Wildman–Crippen LogP) is 3.67. The van der Waals surface area contributed by atoms with Gasteiger partial charge in [0.15, 0.2) is 0 Å². The van der Waals surface area contributed by atoms with Gasteiger partial charge in [-0.25, -0.2) is 0 Å². The molecule has 2 aromatic rings. The molecule has 0 spiro atoms. The number of rotatable bonds is 3. The fraction of sp³-hybridized carbons (Fsp3) is 0.500. The number of aliphatic hydroxyl groups excluding tert-OH is 1. The van der Waals surface area contributed by atoms with Crippen molar-refractivity contribution < 1.29 is 9.90 Å². The molecule has 0 saturated carbocycles. The summed E-state index contributed by atoms with van der Waals surface area (Å²) in [4.78, 5) is 15.2. The van der Waals surface area contributed by atoms with E-state index in [1.54, 1.807) is 11.3 Å². The summed E-state index contributed by atoms with van der Waals surface area (Å²) >= 11 is 1.64. The van der Waals surface area contributed by atoms with Crippen molar-refractivity contribution in [1.29, 1.82) is 0 Å². The number of hydrogen-bond acceptors (Lipinski definition) is 3. The van der Waals surface area contributed by atoms with E-state index < -0.39 is 0 Å². The summed E-state index contributed by atoms with van der Waals surface area (Å²) < 4.78 is 1.17. The number of carbonyl (C=O) groups is 1. The van der Waals surface area contributed by atoms with Crippen LogP contribution in [0.5, 0.6) is 0 Å². The molecule has 2 bridgehead atoms. The van der Waals surface area contributed by atoms with Crippen molar-refractivity contribution in [2.75, 3.05) is 6.61 Å². The molecule has 3 heterocycles. The lowest BCUT2D eigenvalue weighted by Gasteiger charge is -2.34. The van der Waals surface area contributed by atoms with Gasteiger partial charge in [-0.2, -0.15) is 0 Å². The van der Waals surface area contributed by atoms with Crippen molar-refractivity contribution in [3.63, 3.8) is 0 Å². The van der Waals surface area contributed by atoms with Gasteiger partial charge in [0, 0.05) is 33.0 Å². The van der Waals surface area contributed by atoms with Crippen LogP contribution in [0, 0.1) is 5.41 Å². The lowest BCUT2D eigenvalue weighted by molar-refractivity contribution is 0.0559. The van der Waals surface area contributed by atoms with Gasteiger partial charge in [-0.15, -0.1) is 11.3 Å². The van der Waals surface area contributed by atoms with Crippen molar-refractivity contribution in [1.82, 2.24) is 4.90 Å². The fourth-order valence-electron chi connectivity index (χ4n) is 4.54. The molecule has 2 aliphatic heterocycles. The zero-order valence-electron chi connectivity index (χ0n) is 12.8. The summed E-state index contributed by atoms with van der Waals surface area (Å²) in [6.07, 6.45) is 4.02. The fourth-order valence-corrected chi connectivity index (χ4v) is 5.48. The molecule has 1 aromatic heterocycles. The maximum Gasteiger partial charge on any atom is 0.255 e. The van der Waals surface area contributed by atoms with E-state index in [0.29, 0.717) is 6.04 Å². The molecule has 3 nitrogen and oxygen atoms in total. The molecule has 0 radical (unpaired) electrons. The standard InChI is InChI=1S/C18H21NO2S/c1-2-18(11-20)9-12-7-8-16(18)19(12)17(21)14-10-22-15-6-4-3-5-13(14)15/h3-6,10,12,16,20H,2,7-9,11H2,1H3/t12-,16+,18-/m0/s1. The number of thiophene rings is 1. The second-order valence-corrected chi connectivity index (χ2v) is 7.59. The molecule has 22 heavy (non-hydrogen) atoms. The van der Waals surface area contributed by atoms with Crippen molar-refractivity contribution in [2.24, 2.45) is 5.41 Å². The first-order valence-corrected chi connectivity index (χ1v) is 8.98. The van der Waals surface area contributed by atoms with Crippen LogP contribution in [0.3, 0.4) is 0 Å². The normalized spacial score (nSPS) is 30.4. The minimum atomic E-state index is -0.0790. The van der Waals surface area contributed by atoms with E-state index in [0.717, 1.165) is 36.6 Å². The number of aliphatic hydroxyl groups is 1. The number of fused-ring (bicyclic) bond motifs is 3. The maximum atomic E-state index is 13.2. The largest absolute Gasteiger partial charge is 0.396 e. The Hall–Kier alpha value is -1.39. The summed E-state index contributed by atoms with van der Waals surface area (Å²) in [7, 11) is 0. The minimum Gasteiger partial charge on any atom is -0.396 e. The van der Waals surface area contributed by atoms with Crippen LogP contribution in [0.4, 0.5) is 0 Å². The van der Waals surface area contributed by atoms with Crippen LogP contribution in [-0.2, 0) is 0 Å². The maximum absolute atomic E-state index is 13.2. The molecule has 0 aliphatic carbocycles. The molecule has 1 N–H and O–H groups in total. The van der Waals surface area contributed by atoms with Crippen LogP contribution in [-0.4, -0.2) is 34.6 Å². The highest BCUT2D eigenvalue weighted by Crippen LogP contribution is 2.52. The second-order valence-electron chi connectivity index (χ2n) is 6.68. The van der Waals surface area contributed by atoms with Crippen molar-refractivity contribution in [3.05, 3.63) is 35.2 Å². The summed E-state index contributed by atoms with van der Waals surface area (Å²) in [5.41, 5.74) is 0.757. The Bertz CT molecular complexity index is 719. The zero-order valence-corrected chi connectivity index (χ0v) is 13.6. The first-order chi connectivity index (χ1) is 10.7. The Balaban J connectivity index is 1.72. The van der Waals surface area contributed by atoms with Crippen molar-refractivity contribution >= 4 is 27.3 Å². The number of hydrogen-bond donors (Lipinski definition) is 1. The highest BCUT2D eigenvalue weighted by atomic mass is 32.1. The molecule has 1 aromatic carbocycles. The summed E-state index contributed by atoms with van der Waals surface area (Å²) in [5.74, 6) is 0.161. The monoisotopic (exact) mass is 315 g/mol. The van der Waals surface area contributed by atoms with Crippen LogP contribution in [0.2, 0.25) is 0 Å². The molecule has 0 unspecified atom stereocenters. The average molecular weight is 315 g/mol. The van der Waals surface area contributed by atoms with Crippen molar-refractivity contribution in [2.45, 2.75) is 44.7 Å². The van der Waals surface area contributed by atoms with E-state index in [9.17, 15) is 9.90 Å². The lowest BCUT2D eigenvalue weighted by atomic mass is 9.72. The van der Waals surface area contributed by atoms with E-state index in [1.807, 2.05) is 23.6 Å². The molecule has 3 atom stereocenters. The van der Waals surface area contributed by atoms with Crippen LogP contribution in [0.25, 0.3) is 10.1 Å². The van der Waals surface area contributed by atoms with E-state index in [1.165, 1.54) is 4.70 Å². The smallest absolute Gasteiger partial charge is 0.255 e. The Morgan fingerprint density at radius 3 is 2.95 bits per heavy atom. The summed E-state index contributed by atoms with van der Waals surface area (Å²) in [6.45, 7) is 2.33. The van der Waals surface area contributed by atoms with Gasteiger partial charge >= 0.3 is 0 Å². The highest BCUT2D eigenvalue weighted by molar-refractivity contribution is 7.17. The minimum absolute atomic E-state index is 0.0790. The molecule has 2 saturated heterocycles. The number of nitrogens with zero attached hydrogens (tertiary/aromatic N) is 1. The van der Waals surface area contributed by atoms with Gasteiger partial charge in [-0.3, -0.25) is 4.79 Å². The van der Waals surface area contributed by atoms with Gasteiger partial charge in [0.2, 0.25) is 0 Å². The van der Waals surface area contributed by atoms with Gasteiger partial charge in [-0.1, -0.05) is 25.1 Å². The molecule has 4 rings (SSSR count). The number of amides is 1. The quantitative estimate of drug-likeness (QED) is 0.939. The molecule has 116 valence electrons. The van der Waals surface area contributed by atoms with Crippen LogP contribution in [0.15, 0.2) is 29.6 Å². The lowest BCUT2D eigenvalue weighted by Crippen LogP contribution is -2.42. The van der Waals surface area contributed by atoms with Crippen LogP contribution in [0.1, 0.15) is 43.0 Å². The predicted molar refractivity (Wildman–Crippen MR) is 89.2 cm³/mol. The molecule has 2 aliphatic rings.